The number of ether oxygens (including phenoxy) is 1. The van der Waals surface area contributed by atoms with Gasteiger partial charge in [0, 0.05) is 44.2 Å². The van der Waals surface area contributed by atoms with Gasteiger partial charge in [0.15, 0.2) is 0 Å². The molecule has 0 fully saturated rings. The first kappa shape index (κ1) is 14.1. The van der Waals surface area contributed by atoms with Gasteiger partial charge < -0.3 is 14.6 Å². The van der Waals surface area contributed by atoms with Crippen LogP contribution in [-0.2, 0) is 16.1 Å². The summed E-state index contributed by atoms with van der Waals surface area (Å²) < 4.78 is 7.28. The fourth-order valence-electron chi connectivity index (χ4n) is 2.64. The van der Waals surface area contributed by atoms with Gasteiger partial charge >= 0.3 is 0 Å². The number of fused-ring (bicyclic) bond motifs is 1. The van der Waals surface area contributed by atoms with Crippen molar-refractivity contribution in [2.24, 2.45) is 0 Å². The van der Waals surface area contributed by atoms with Crippen molar-refractivity contribution >= 4 is 5.91 Å². The molecule has 0 radical (unpaired) electrons. The molecule has 0 saturated carbocycles. The van der Waals surface area contributed by atoms with Crippen molar-refractivity contribution in [2.75, 3.05) is 26.8 Å². The van der Waals surface area contributed by atoms with Crippen LogP contribution in [0.15, 0.2) is 18.3 Å². The molecule has 1 N–H and O–H groups in total. The van der Waals surface area contributed by atoms with Crippen LogP contribution < -0.4 is 5.32 Å². The van der Waals surface area contributed by atoms with E-state index in [1.807, 2.05) is 6.92 Å². The molecule has 0 bridgehead atoms. The number of carbonyl (C=O) groups excluding carboxylic acids is 1. The minimum absolute atomic E-state index is 0.0569. The summed E-state index contributed by atoms with van der Waals surface area (Å²) in [4.78, 5) is 14.2. The van der Waals surface area contributed by atoms with Crippen LogP contribution in [0.4, 0.5) is 0 Å². The van der Waals surface area contributed by atoms with Gasteiger partial charge in [-0.2, -0.15) is 0 Å². The number of amides is 1. The number of nitrogens with zero attached hydrogens (tertiary/aromatic N) is 2. The molecular formula is C14H23N3O2. The molecule has 0 spiro atoms. The molecule has 1 aliphatic rings. The van der Waals surface area contributed by atoms with Gasteiger partial charge in [0.2, 0.25) is 5.91 Å². The van der Waals surface area contributed by atoms with Crippen molar-refractivity contribution < 1.29 is 9.53 Å². The third-order valence-corrected chi connectivity index (χ3v) is 3.64. The molecular weight excluding hydrogens is 242 g/mol. The summed E-state index contributed by atoms with van der Waals surface area (Å²) in [5, 5.41) is 2.95. The molecule has 0 aliphatic carbocycles. The zero-order valence-electron chi connectivity index (χ0n) is 11.9. The number of hydrogen-bond donors (Lipinski definition) is 1. The van der Waals surface area contributed by atoms with Gasteiger partial charge in [-0.15, -0.1) is 0 Å². The number of carbonyl (C=O) groups is 1. The molecule has 1 aromatic rings. The van der Waals surface area contributed by atoms with Crippen LogP contribution >= 0.6 is 0 Å². The number of nitrogens with one attached hydrogen (secondary N) is 1. The Hall–Kier alpha value is -1.33. The lowest BCUT2D eigenvalue weighted by atomic mass is 10.1. The molecule has 5 heteroatoms. The number of aromatic nitrogens is 1. The van der Waals surface area contributed by atoms with Crippen molar-refractivity contribution in [1.29, 1.82) is 0 Å². The van der Waals surface area contributed by atoms with E-state index in [4.69, 9.17) is 4.74 Å². The maximum atomic E-state index is 12.0. The minimum atomic E-state index is 0.0569. The van der Waals surface area contributed by atoms with E-state index in [2.05, 4.69) is 40.0 Å². The smallest absolute Gasteiger partial charge is 0.234 e. The van der Waals surface area contributed by atoms with Crippen molar-refractivity contribution in [3.8, 4) is 0 Å². The summed E-state index contributed by atoms with van der Waals surface area (Å²) in [5.74, 6) is 0.0661. The van der Waals surface area contributed by atoms with Crippen LogP contribution in [0, 0.1) is 0 Å². The third kappa shape index (κ3) is 3.36. The van der Waals surface area contributed by atoms with Crippen molar-refractivity contribution in [2.45, 2.75) is 32.5 Å². The van der Waals surface area contributed by atoms with Gasteiger partial charge in [-0.25, -0.2) is 0 Å². The molecule has 19 heavy (non-hydrogen) atoms. The van der Waals surface area contributed by atoms with Crippen LogP contribution in [0.1, 0.15) is 25.6 Å². The lowest BCUT2D eigenvalue weighted by Gasteiger charge is -2.34. The number of hydrogen-bond acceptors (Lipinski definition) is 3. The van der Waals surface area contributed by atoms with Gasteiger partial charge in [0.05, 0.1) is 13.2 Å². The highest BCUT2D eigenvalue weighted by Crippen LogP contribution is 2.24. The van der Waals surface area contributed by atoms with Crippen LogP contribution in [0.5, 0.6) is 0 Å². The Labute approximate surface area is 114 Å². The largest absolute Gasteiger partial charge is 0.383 e. The minimum Gasteiger partial charge on any atom is -0.383 e. The van der Waals surface area contributed by atoms with E-state index >= 15 is 0 Å². The van der Waals surface area contributed by atoms with Crippen LogP contribution in [0.25, 0.3) is 0 Å². The standard InChI is InChI=1S/C14H23N3O2/c1-11(10-19-3)15-14(18)9-17-8-7-16-6-4-5-13(16)12(17)2/h4-6,11-12H,7-10H2,1-3H3,(H,15,18)/t11-,12+/m0/s1. The SMILES string of the molecule is COC[C@H](C)NC(=O)CN1CCn2cccc2[C@H]1C. The molecule has 0 saturated heterocycles. The van der Waals surface area contributed by atoms with Crippen LogP contribution in [0.2, 0.25) is 0 Å². The number of rotatable bonds is 5. The average Bonchev–Trinajstić information content (AvgIpc) is 2.82. The van der Waals surface area contributed by atoms with E-state index in [9.17, 15) is 4.79 Å². The highest BCUT2D eigenvalue weighted by molar-refractivity contribution is 5.78. The predicted octanol–water partition coefficient (Wildman–Crippen LogP) is 1.02. The Morgan fingerprint density at radius 1 is 1.58 bits per heavy atom. The van der Waals surface area contributed by atoms with Crippen molar-refractivity contribution in [3.63, 3.8) is 0 Å². The van der Waals surface area contributed by atoms with E-state index in [0.717, 1.165) is 13.1 Å². The summed E-state index contributed by atoms with van der Waals surface area (Å²) in [6, 6.07) is 4.53. The Bertz CT molecular complexity index is 430. The van der Waals surface area contributed by atoms with Gasteiger partial charge in [0.25, 0.3) is 0 Å². The first-order valence-electron chi connectivity index (χ1n) is 6.79. The van der Waals surface area contributed by atoms with Gasteiger partial charge in [-0.3, -0.25) is 9.69 Å². The summed E-state index contributed by atoms with van der Waals surface area (Å²) in [5.41, 5.74) is 1.28. The van der Waals surface area contributed by atoms with E-state index in [-0.39, 0.29) is 18.0 Å². The summed E-state index contributed by atoms with van der Waals surface area (Å²) in [6.07, 6.45) is 2.10. The first-order chi connectivity index (χ1) is 9.11. The molecule has 0 unspecified atom stereocenters. The predicted molar refractivity (Wildman–Crippen MR) is 73.9 cm³/mol. The molecule has 1 aromatic heterocycles. The summed E-state index contributed by atoms with van der Waals surface area (Å²) in [6.45, 7) is 6.95. The number of methoxy groups -OCH3 is 1. The van der Waals surface area contributed by atoms with Crippen molar-refractivity contribution in [3.05, 3.63) is 24.0 Å². The van der Waals surface area contributed by atoms with E-state index in [1.165, 1.54) is 5.69 Å². The molecule has 1 aliphatic heterocycles. The van der Waals surface area contributed by atoms with E-state index < -0.39 is 0 Å². The highest BCUT2D eigenvalue weighted by Gasteiger charge is 2.25. The zero-order chi connectivity index (χ0) is 13.8. The summed E-state index contributed by atoms with van der Waals surface area (Å²) >= 11 is 0. The second-order valence-electron chi connectivity index (χ2n) is 5.20. The maximum Gasteiger partial charge on any atom is 0.234 e. The highest BCUT2D eigenvalue weighted by atomic mass is 16.5. The zero-order valence-corrected chi connectivity index (χ0v) is 11.9. The molecule has 2 rings (SSSR count). The molecule has 2 heterocycles. The Balaban J connectivity index is 1.88. The Morgan fingerprint density at radius 3 is 3.11 bits per heavy atom. The fraction of sp³-hybridized carbons (Fsp3) is 0.643. The van der Waals surface area contributed by atoms with Gasteiger partial charge in [-0.1, -0.05) is 0 Å². The quantitative estimate of drug-likeness (QED) is 0.864. The van der Waals surface area contributed by atoms with Crippen molar-refractivity contribution in [1.82, 2.24) is 14.8 Å². The molecule has 5 nitrogen and oxygen atoms in total. The summed E-state index contributed by atoms with van der Waals surface area (Å²) in [7, 11) is 1.64. The first-order valence-corrected chi connectivity index (χ1v) is 6.79. The molecule has 1 amide bonds. The molecule has 106 valence electrons. The second kappa shape index (κ2) is 6.21. The molecule has 2 atom stereocenters. The second-order valence-corrected chi connectivity index (χ2v) is 5.20. The maximum absolute atomic E-state index is 12.0. The monoisotopic (exact) mass is 265 g/mol. The molecule has 0 aromatic carbocycles. The third-order valence-electron chi connectivity index (χ3n) is 3.64. The van der Waals surface area contributed by atoms with Crippen LogP contribution in [-0.4, -0.2) is 48.2 Å². The normalized spacial score (nSPS) is 20.9. The Kier molecular flexibility index (Phi) is 4.61. The van der Waals surface area contributed by atoms with E-state index in [1.54, 1.807) is 7.11 Å². The Morgan fingerprint density at radius 2 is 2.37 bits per heavy atom. The van der Waals surface area contributed by atoms with E-state index in [0.29, 0.717) is 13.2 Å². The average molecular weight is 265 g/mol. The van der Waals surface area contributed by atoms with Gasteiger partial charge in [-0.05, 0) is 26.0 Å². The topological polar surface area (TPSA) is 46.5 Å². The lowest BCUT2D eigenvalue weighted by Crippen LogP contribution is -2.45. The van der Waals surface area contributed by atoms with Gasteiger partial charge in [0.1, 0.15) is 0 Å². The lowest BCUT2D eigenvalue weighted by molar-refractivity contribution is -0.124. The van der Waals surface area contributed by atoms with Crippen LogP contribution in [0.3, 0.4) is 0 Å². The fourth-order valence-corrected chi connectivity index (χ4v) is 2.64.